The number of nitrogens with one attached hydrogen (secondary N) is 1. The molecule has 28 heavy (non-hydrogen) atoms. The molecule has 0 aliphatic carbocycles. The standard InChI is InChI=1S/C20H24N4O4/c1-19(2,3)27-17(25)24(18(26)28-20(4,5)6)16-9-7-15(8-10-16)23-13-14(11-21)12-22/h7-10,13,23H,1-6H3. The molecule has 0 heterocycles. The minimum atomic E-state index is -0.862. The Bertz CT molecular complexity index is 787. The second kappa shape index (κ2) is 8.92. The zero-order valence-corrected chi connectivity index (χ0v) is 16.9. The molecule has 0 saturated heterocycles. The van der Waals surface area contributed by atoms with Gasteiger partial charge in [0, 0.05) is 11.9 Å². The van der Waals surface area contributed by atoms with Gasteiger partial charge in [-0.3, -0.25) is 0 Å². The number of anilines is 2. The zero-order valence-electron chi connectivity index (χ0n) is 16.9. The Morgan fingerprint density at radius 2 is 1.36 bits per heavy atom. The topological polar surface area (TPSA) is 115 Å². The Hall–Kier alpha value is -3.52. The van der Waals surface area contributed by atoms with Crippen molar-refractivity contribution >= 4 is 23.6 Å². The highest BCUT2D eigenvalue weighted by atomic mass is 16.6. The average Bonchev–Trinajstić information content (AvgIpc) is 2.54. The van der Waals surface area contributed by atoms with E-state index in [2.05, 4.69) is 5.32 Å². The third-order valence-electron chi connectivity index (χ3n) is 2.90. The summed E-state index contributed by atoms with van der Waals surface area (Å²) in [5.74, 6) is 0. The fourth-order valence-corrected chi connectivity index (χ4v) is 1.85. The summed E-state index contributed by atoms with van der Waals surface area (Å²) in [7, 11) is 0. The molecule has 0 unspecified atom stereocenters. The van der Waals surface area contributed by atoms with E-state index in [0.717, 1.165) is 4.90 Å². The lowest BCUT2D eigenvalue weighted by molar-refractivity contribution is 0.0431. The maximum absolute atomic E-state index is 12.6. The summed E-state index contributed by atoms with van der Waals surface area (Å²) in [6, 6.07) is 9.66. The average molecular weight is 384 g/mol. The molecule has 0 saturated carbocycles. The molecule has 1 rings (SSSR count). The Labute approximate surface area is 164 Å². The smallest absolute Gasteiger partial charge is 0.424 e. The molecule has 148 valence electrons. The van der Waals surface area contributed by atoms with Crippen LogP contribution in [0.3, 0.4) is 0 Å². The molecular weight excluding hydrogens is 360 g/mol. The van der Waals surface area contributed by atoms with E-state index in [0.29, 0.717) is 5.69 Å². The predicted octanol–water partition coefficient (Wildman–Crippen LogP) is 4.71. The molecular formula is C20H24N4O4. The Morgan fingerprint density at radius 1 is 0.929 bits per heavy atom. The van der Waals surface area contributed by atoms with Gasteiger partial charge in [0.2, 0.25) is 0 Å². The first-order valence-corrected chi connectivity index (χ1v) is 8.49. The SMILES string of the molecule is CC(C)(C)OC(=O)N(C(=O)OC(C)(C)C)c1ccc(NC=C(C#N)C#N)cc1. The number of hydrogen-bond donors (Lipinski definition) is 1. The van der Waals surface area contributed by atoms with Gasteiger partial charge in [0.15, 0.2) is 0 Å². The van der Waals surface area contributed by atoms with Crippen LogP contribution in [0.1, 0.15) is 41.5 Å². The molecule has 2 amide bonds. The molecule has 0 atom stereocenters. The summed E-state index contributed by atoms with van der Waals surface area (Å²) in [4.78, 5) is 26.0. The molecule has 0 aliphatic heterocycles. The quantitative estimate of drug-likeness (QED) is 0.750. The minimum Gasteiger partial charge on any atom is -0.443 e. The van der Waals surface area contributed by atoms with E-state index in [-0.39, 0.29) is 11.3 Å². The number of nitrogens with zero attached hydrogens (tertiary/aromatic N) is 3. The number of allylic oxidation sites excluding steroid dienone is 1. The van der Waals surface area contributed by atoms with Crippen molar-refractivity contribution in [3.8, 4) is 12.1 Å². The maximum atomic E-state index is 12.6. The number of carbonyl (C=O) groups excluding carboxylic acids is 2. The second-order valence-electron chi connectivity index (χ2n) is 7.77. The number of ether oxygens (including phenoxy) is 2. The third-order valence-corrected chi connectivity index (χ3v) is 2.90. The van der Waals surface area contributed by atoms with Crippen LogP contribution in [0.25, 0.3) is 0 Å². The number of nitriles is 2. The van der Waals surface area contributed by atoms with Crippen molar-refractivity contribution in [3.63, 3.8) is 0 Å². The number of benzene rings is 1. The van der Waals surface area contributed by atoms with Crippen molar-refractivity contribution in [1.29, 1.82) is 10.5 Å². The molecule has 0 aromatic heterocycles. The third kappa shape index (κ3) is 7.38. The number of imide groups is 1. The van der Waals surface area contributed by atoms with E-state index in [1.807, 2.05) is 0 Å². The van der Waals surface area contributed by atoms with Gasteiger partial charge >= 0.3 is 12.2 Å². The summed E-state index contributed by atoms with van der Waals surface area (Å²) in [5.41, 5.74) is -0.879. The highest BCUT2D eigenvalue weighted by Crippen LogP contribution is 2.23. The van der Waals surface area contributed by atoms with Crippen molar-refractivity contribution in [2.24, 2.45) is 0 Å². The highest BCUT2D eigenvalue weighted by molar-refractivity contribution is 6.09. The van der Waals surface area contributed by atoms with Gasteiger partial charge in [-0.05, 0) is 65.8 Å². The molecule has 0 aliphatic rings. The summed E-state index contributed by atoms with van der Waals surface area (Å²) in [5, 5.41) is 20.3. The van der Waals surface area contributed by atoms with Gasteiger partial charge < -0.3 is 14.8 Å². The van der Waals surface area contributed by atoms with Gasteiger partial charge in [-0.1, -0.05) is 0 Å². The van der Waals surface area contributed by atoms with Crippen LogP contribution in [0, 0.1) is 22.7 Å². The molecule has 0 bridgehead atoms. The molecule has 8 heteroatoms. The summed E-state index contributed by atoms with van der Waals surface area (Å²) in [6.07, 6.45) is -0.466. The van der Waals surface area contributed by atoms with Crippen LogP contribution >= 0.6 is 0 Å². The van der Waals surface area contributed by atoms with Crippen molar-refractivity contribution in [2.75, 3.05) is 10.2 Å². The monoisotopic (exact) mass is 384 g/mol. The van der Waals surface area contributed by atoms with E-state index >= 15 is 0 Å². The van der Waals surface area contributed by atoms with Gasteiger partial charge in [-0.2, -0.15) is 15.4 Å². The lowest BCUT2D eigenvalue weighted by atomic mass is 10.2. The second-order valence-corrected chi connectivity index (χ2v) is 7.77. The molecule has 8 nitrogen and oxygen atoms in total. The predicted molar refractivity (Wildman–Crippen MR) is 104 cm³/mol. The lowest BCUT2D eigenvalue weighted by Crippen LogP contribution is -2.43. The largest absolute Gasteiger partial charge is 0.443 e. The first kappa shape index (κ1) is 22.5. The van der Waals surface area contributed by atoms with Crippen LogP contribution in [0.15, 0.2) is 36.0 Å². The van der Waals surface area contributed by atoms with E-state index in [1.165, 1.54) is 18.3 Å². The fraction of sp³-hybridized carbons (Fsp3) is 0.400. The van der Waals surface area contributed by atoms with Crippen LogP contribution in [0.2, 0.25) is 0 Å². The summed E-state index contributed by atoms with van der Waals surface area (Å²) < 4.78 is 10.6. The molecule has 0 radical (unpaired) electrons. The van der Waals surface area contributed by atoms with Crippen LogP contribution in [-0.2, 0) is 9.47 Å². The molecule has 0 spiro atoms. The van der Waals surface area contributed by atoms with Gasteiger partial charge in [-0.25, -0.2) is 9.59 Å². The minimum absolute atomic E-state index is 0.0896. The highest BCUT2D eigenvalue weighted by Gasteiger charge is 2.32. The number of hydrogen-bond acceptors (Lipinski definition) is 7. The zero-order chi connectivity index (χ0) is 21.5. The first-order chi connectivity index (χ1) is 12.9. The molecule has 1 aromatic carbocycles. The van der Waals surface area contributed by atoms with E-state index in [4.69, 9.17) is 20.0 Å². The molecule has 1 aromatic rings. The van der Waals surface area contributed by atoms with Gasteiger partial charge in [-0.15, -0.1) is 0 Å². The number of rotatable bonds is 3. The van der Waals surface area contributed by atoms with Crippen molar-refractivity contribution in [1.82, 2.24) is 0 Å². The Kier molecular flexibility index (Phi) is 7.17. The van der Waals surface area contributed by atoms with E-state index in [9.17, 15) is 9.59 Å². The fourth-order valence-electron chi connectivity index (χ4n) is 1.85. The van der Waals surface area contributed by atoms with Gasteiger partial charge in [0.05, 0.1) is 5.69 Å². The lowest BCUT2D eigenvalue weighted by Gasteiger charge is -2.28. The van der Waals surface area contributed by atoms with Gasteiger partial charge in [0.25, 0.3) is 0 Å². The maximum Gasteiger partial charge on any atom is 0.424 e. The molecule has 0 fully saturated rings. The van der Waals surface area contributed by atoms with Crippen molar-refractivity contribution in [3.05, 3.63) is 36.0 Å². The summed E-state index contributed by atoms with van der Waals surface area (Å²) in [6.45, 7) is 10.2. The van der Waals surface area contributed by atoms with Crippen LogP contribution < -0.4 is 10.2 Å². The van der Waals surface area contributed by atoms with Gasteiger partial charge in [0.1, 0.15) is 28.9 Å². The van der Waals surface area contributed by atoms with E-state index in [1.54, 1.807) is 65.8 Å². The van der Waals surface area contributed by atoms with Crippen molar-refractivity contribution in [2.45, 2.75) is 52.7 Å². The van der Waals surface area contributed by atoms with Crippen LogP contribution in [-0.4, -0.2) is 23.4 Å². The summed E-state index contributed by atoms with van der Waals surface area (Å²) >= 11 is 0. The number of carbonyl (C=O) groups is 2. The number of amides is 2. The van der Waals surface area contributed by atoms with Crippen LogP contribution in [0.5, 0.6) is 0 Å². The van der Waals surface area contributed by atoms with Crippen LogP contribution in [0.4, 0.5) is 21.0 Å². The van der Waals surface area contributed by atoms with Crippen molar-refractivity contribution < 1.29 is 19.1 Å². The first-order valence-electron chi connectivity index (χ1n) is 8.49. The van der Waals surface area contributed by atoms with E-state index < -0.39 is 23.4 Å². The normalized spacial score (nSPS) is 10.7. The Morgan fingerprint density at radius 3 is 1.71 bits per heavy atom. The Balaban J connectivity index is 3.15. The molecule has 1 N–H and O–H groups in total.